The van der Waals surface area contributed by atoms with Gasteiger partial charge in [0.2, 0.25) is 0 Å². The van der Waals surface area contributed by atoms with E-state index in [9.17, 15) is 15.3 Å². The van der Waals surface area contributed by atoms with E-state index in [-0.39, 0.29) is 28.5 Å². The fraction of sp³-hybridized carbons (Fsp3) is 0. The molecule has 92 valence electrons. The molecule has 0 aromatic heterocycles. The molecule has 18 heavy (non-hydrogen) atoms. The van der Waals surface area contributed by atoms with Crippen molar-refractivity contribution in [3.05, 3.63) is 53.6 Å². The Hall–Kier alpha value is -2.69. The van der Waals surface area contributed by atoms with Gasteiger partial charge in [0.1, 0.15) is 23.0 Å². The highest BCUT2D eigenvalue weighted by atomic mass is 16.4. The van der Waals surface area contributed by atoms with Crippen LogP contribution in [0.4, 0.5) is 0 Å². The van der Waals surface area contributed by atoms with E-state index in [2.05, 4.69) is 5.16 Å². The quantitative estimate of drug-likeness (QED) is 0.282. The van der Waals surface area contributed by atoms with Gasteiger partial charge < -0.3 is 20.5 Å². The Bertz CT molecular complexity index is 590. The van der Waals surface area contributed by atoms with Crippen molar-refractivity contribution >= 4 is 5.71 Å². The zero-order valence-corrected chi connectivity index (χ0v) is 9.28. The van der Waals surface area contributed by atoms with Gasteiger partial charge in [-0.1, -0.05) is 5.16 Å². The molecule has 0 radical (unpaired) electrons. The van der Waals surface area contributed by atoms with Crippen LogP contribution in [0.3, 0.4) is 0 Å². The Labute approximate surface area is 103 Å². The van der Waals surface area contributed by atoms with Crippen LogP contribution in [0, 0.1) is 0 Å². The summed E-state index contributed by atoms with van der Waals surface area (Å²) in [4.78, 5) is 0. The zero-order chi connectivity index (χ0) is 13.1. The molecule has 0 spiro atoms. The van der Waals surface area contributed by atoms with Gasteiger partial charge in [-0.2, -0.15) is 0 Å². The second kappa shape index (κ2) is 4.67. The van der Waals surface area contributed by atoms with Gasteiger partial charge in [0.15, 0.2) is 0 Å². The Morgan fingerprint density at radius 3 is 2.06 bits per heavy atom. The topological polar surface area (TPSA) is 93.3 Å². The molecule has 0 amide bonds. The summed E-state index contributed by atoms with van der Waals surface area (Å²) >= 11 is 0. The molecule has 4 N–H and O–H groups in total. The number of aromatic hydroxyl groups is 3. The van der Waals surface area contributed by atoms with E-state index < -0.39 is 0 Å². The van der Waals surface area contributed by atoms with E-state index in [0.29, 0.717) is 5.56 Å². The lowest BCUT2D eigenvalue weighted by atomic mass is 10.0. The van der Waals surface area contributed by atoms with Gasteiger partial charge in [0.25, 0.3) is 0 Å². The van der Waals surface area contributed by atoms with Gasteiger partial charge in [-0.3, -0.25) is 0 Å². The molecule has 0 saturated heterocycles. The Balaban J connectivity index is 2.52. The first kappa shape index (κ1) is 11.8. The molecule has 2 rings (SSSR count). The van der Waals surface area contributed by atoms with E-state index in [4.69, 9.17) is 5.21 Å². The van der Waals surface area contributed by atoms with Crippen molar-refractivity contribution in [3.8, 4) is 17.2 Å². The smallest absolute Gasteiger partial charge is 0.125 e. The summed E-state index contributed by atoms with van der Waals surface area (Å²) in [6.07, 6.45) is 0. The molecular weight excluding hydrogens is 234 g/mol. The van der Waals surface area contributed by atoms with Crippen LogP contribution in [0.15, 0.2) is 47.6 Å². The summed E-state index contributed by atoms with van der Waals surface area (Å²) in [6, 6.07) is 9.85. The van der Waals surface area contributed by atoms with E-state index in [1.165, 1.54) is 42.5 Å². The van der Waals surface area contributed by atoms with Gasteiger partial charge in [-0.15, -0.1) is 0 Å². The van der Waals surface area contributed by atoms with Crippen LogP contribution in [-0.4, -0.2) is 26.2 Å². The van der Waals surface area contributed by atoms with Crippen molar-refractivity contribution in [2.45, 2.75) is 0 Å². The predicted octanol–water partition coefficient (Wildman–Crippen LogP) is 2.03. The van der Waals surface area contributed by atoms with E-state index in [1.54, 1.807) is 0 Å². The highest BCUT2D eigenvalue weighted by Gasteiger charge is 2.13. The van der Waals surface area contributed by atoms with Crippen LogP contribution in [0.1, 0.15) is 11.1 Å². The number of hydrogen-bond acceptors (Lipinski definition) is 5. The summed E-state index contributed by atoms with van der Waals surface area (Å²) in [5, 5.41) is 40.4. The standard InChI is InChI=1S/C13H11NO4/c15-9-3-1-8(2-4-9)13(14-18)11-7-10(16)5-6-12(11)17/h1-7,15-18H/b14-13+. The normalized spacial score (nSPS) is 11.4. The summed E-state index contributed by atoms with van der Waals surface area (Å²) in [5.74, 6) is -0.0902. The van der Waals surface area contributed by atoms with Crippen molar-refractivity contribution in [3.63, 3.8) is 0 Å². The van der Waals surface area contributed by atoms with Crippen molar-refractivity contribution in [1.29, 1.82) is 0 Å². The van der Waals surface area contributed by atoms with E-state index in [1.807, 2.05) is 0 Å². The van der Waals surface area contributed by atoms with Crippen molar-refractivity contribution in [1.82, 2.24) is 0 Å². The van der Waals surface area contributed by atoms with Crippen LogP contribution in [0.5, 0.6) is 17.2 Å². The van der Waals surface area contributed by atoms with Crippen LogP contribution in [-0.2, 0) is 0 Å². The first-order valence-electron chi connectivity index (χ1n) is 5.15. The SMILES string of the molecule is O/N=C(\c1ccc(O)cc1)c1cc(O)ccc1O. The third-order valence-corrected chi connectivity index (χ3v) is 2.48. The second-order valence-electron chi connectivity index (χ2n) is 3.70. The number of benzene rings is 2. The number of phenolic OH excluding ortho intramolecular Hbond substituents is 3. The Kier molecular flexibility index (Phi) is 3.05. The lowest BCUT2D eigenvalue weighted by molar-refractivity contribution is 0.319. The van der Waals surface area contributed by atoms with Gasteiger partial charge in [-0.25, -0.2) is 0 Å². The Morgan fingerprint density at radius 2 is 1.44 bits per heavy atom. The Morgan fingerprint density at radius 1 is 0.833 bits per heavy atom. The third-order valence-electron chi connectivity index (χ3n) is 2.48. The molecule has 0 heterocycles. The molecule has 0 aliphatic rings. The highest BCUT2D eigenvalue weighted by molar-refractivity contribution is 6.14. The van der Waals surface area contributed by atoms with Crippen LogP contribution in [0.25, 0.3) is 0 Å². The first-order valence-corrected chi connectivity index (χ1v) is 5.15. The maximum Gasteiger partial charge on any atom is 0.125 e. The number of oxime groups is 1. The molecule has 0 saturated carbocycles. The van der Waals surface area contributed by atoms with Crippen LogP contribution < -0.4 is 0 Å². The van der Waals surface area contributed by atoms with Gasteiger partial charge >= 0.3 is 0 Å². The molecule has 2 aromatic carbocycles. The maximum absolute atomic E-state index is 9.70. The molecule has 5 heteroatoms. The molecule has 0 bridgehead atoms. The number of phenols is 3. The largest absolute Gasteiger partial charge is 0.508 e. The minimum Gasteiger partial charge on any atom is -0.508 e. The van der Waals surface area contributed by atoms with E-state index in [0.717, 1.165) is 0 Å². The van der Waals surface area contributed by atoms with Crippen LogP contribution >= 0.6 is 0 Å². The fourth-order valence-electron chi connectivity index (χ4n) is 1.60. The number of nitrogens with zero attached hydrogens (tertiary/aromatic N) is 1. The fourth-order valence-corrected chi connectivity index (χ4v) is 1.60. The van der Waals surface area contributed by atoms with E-state index >= 15 is 0 Å². The molecule has 5 nitrogen and oxygen atoms in total. The van der Waals surface area contributed by atoms with Crippen molar-refractivity contribution in [2.75, 3.05) is 0 Å². The zero-order valence-electron chi connectivity index (χ0n) is 9.28. The maximum atomic E-state index is 9.70. The minimum atomic E-state index is -0.117. The monoisotopic (exact) mass is 245 g/mol. The average Bonchev–Trinajstić information content (AvgIpc) is 2.37. The third kappa shape index (κ3) is 2.20. The summed E-state index contributed by atoms with van der Waals surface area (Å²) in [5.41, 5.74) is 0.794. The van der Waals surface area contributed by atoms with Crippen LogP contribution in [0.2, 0.25) is 0 Å². The second-order valence-corrected chi connectivity index (χ2v) is 3.70. The van der Waals surface area contributed by atoms with Crippen molar-refractivity contribution < 1.29 is 20.5 Å². The summed E-state index contributed by atoms with van der Waals surface area (Å²) in [7, 11) is 0. The first-order chi connectivity index (χ1) is 8.61. The summed E-state index contributed by atoms with van der Waals surface area (Å²) < 4.78 is 0. The number of rotatable bonds is 2. The molecule has 0 aliphatic carbocycles. The van der Waals surface area contributed by atoms with Gasteiger partial charge in [0.05, 0.1) is 0 Å². The van der Waals surface area contributed by atoms with Crippen molar-refractivity contribution in [2.24, 2.45) is 5.16 Å². The van der Waals surface area contributed by atoms with Gasteiger partial charge in [0, 0.05) is 11.1 Å². The van der Waals surface area contributed by atoms with Gasteiger partial charge in [-0.05, 0) is 42.5 Å². The molecule has 0 aliphatic heterocycles. The number of hydrogen-bond donors (Lipinski definition) is 4. The minimum absolute atomic E-state index is 0.0530. The highest BCUT2D eigenvalue weighted by Crippen LogP contribution is 2.25. The average molecular weight is 245 g/mol. The molecule has 0 unspecified atom stereocenters. The lowest BCUT2D eigenvalue weighted by Crippen LogP contribution is -2.03. The predicted molar refractivity (Wildman–Crippen MR) is 65.3 cm³/mol. The molecule has 2 aromatic rings. The molecule has 0 fully saturated rings. The summed E-state index contributed by atoms with van der Waals surface area (Å²) in [6.45, 7) is 0. The molecule has 0 atom stereocenters. The lowest BCUT2D eigenvalue weighted by Gasteiger charge is -2.07. The molecular formula is C13H11NO4.